The maximum absolute atomic E-state index is 16.9. The molecule has 0 aliphatic heterocycles. The van der Waals surface area contributed by atoms with Gasteiger partial charge in [-0.1, -0.05) is 188 Å². The minimum Gasteiger partial charge on any atom is -0.378 e. The van der Waals surface area contributed by atoms with Gasteiger partial charge in [0.2, 0.25) is 0 Å². The highest BCUT2D eigenvalue weighted by atomic mass is 31.2. The lowest BCUT2D eigenvalue weighted by Crippen LogP contribution is -2.30. The van der Waals surface area contributed by atoms with E-state index in [2.05, 4.69) is 83.8 Å². The minimum atomic E-state index is -3.65. The van der Waals surface area contributed by atoms with Crippen LogP contribution in [0.3, 0.4) is 0 Å². The van der Waals surface area contributed by atoms with E-state index in [-0.39, 0.29) is 0 Å². The molecule has 0 saturated carbocycles. The summed E-state index contributed by atoms with van der Waals surface area (Å²) in [6.45, 7) is 0. The summed E-state index contributed by atoms with van der Waals surface area (Å²) in [6.07, 6.45) is 0. The van der Waals surface area contributed by atoms with Crippen LogP contribution >= 0.6 is 14.3 Å². The largest absolute Gasteiger partial charge is 0.378 e. The molecule has 57 heavy (non-hydrogen) atoms. The van der Waals surface area contributed by atoms with Crippen molar-refractivity contribution in [1.29, 1.82) is 0 Å². The molecule has 9 aromatic carbocycles. The summed E-state index contributed by atoms with van der Waals surface area (Å²) < 4.78 is 33.5. The topological polar surface area (TPSA) is 37.4 Å². The number of anilines is 1. The SMILES string of the molecule is CN(C)c1ccc(-c2cc(P(=O)(c3ccccc3)c3ccccc3)c(-c3c(P(=O)(c4ccccc4)c4ccccc4)ccc4ccccc34)c3ccccc23)cc1. The highest BCUT2D eigenvalue weighted by Crippen LogP contribution is 2.53. The third kappa shape index (κ3) is 6.25. The van der Waals surface area contributed by atoms with E-state index in [0.717, 1.165) is 70.7 Å². The Labute approximate surface area is 334 Å². The van der Waals surface area contributed by atoms with Crippen LogP contribution in [0.15, 0.2) is 212 Å². The van der Waals surface area contributed by atoms with Gasteiger partial charge in [-0.15, -0.1) is 0 Å². The van der Waals surface area contributed by atoms with Gasteiger partial charge in [0.1, 0.15) is 0 Å². The average Bonchev–Trinajstić information content (AvgIpc) is 3.29. The molecule has 0 fully saturated rings. The molecular weight excluding hydrogens is 733 g/mol. The van der Waals surface area contributed by atoms with Gasteiger partial charge in [0.25, 0.3) is 0 Å². The van der Waals surface area contributed by atoms with Crippen molar-refractivity contribution in [3.63, 3.8) is 0 Å². The standard InChI is InChI=1S/C52H41NO2P2/c1-53(2)40-34-31-39(32-35-40)48-37-50(57(55,43-24-11-5-12-25-43)44-26-13-6-14-27-44)52(47-30-18-17-29-46(47)48)51-45-28-16-15-19-38(45)33-36-49(51)56(54,41-20-7-3-8-21-41)42-22-9-4-10-23-42/h3-37H,1-2H3. The molecule has 0 spiro atoms. The first-order valence-electron chi connectivity index (χ1n) is 19.2. The van der Waals surface area contributed by atoms with E-state index < -0.39 is 14.3 Å². The molecule has 0 unspecified atom stereocenters. The zero-order valence-electron chi connectivity index (χ0n) is 31.9. The van der Waals surface area contributed by atoms with Gasteiger partial charge in [-0.2, -0.15) is 0 Å². The van der Waals surface area contributed by atoms with E-state index in [1.165, 1.54) is 0 Å². The Kier molecular flexibility index (Phi) is 9.59. The normalized spacial score (nSPS) is 11.8. The van der Waals surface area contributed by atoms with Crippen molar-refractivity contribution >= 4 is 73.3 Å². The Morgan fingerprint density at radius 2 is 0.772 bits per heavy atom. The number of rotatable bonds is 9. The van der Waals surface area contributed by atoms with Gasteiger partial charge in [0, 0.05) is 62.7 Å². The molecule has 0 saturated heterocycles. The maximum Gasteiger partial charge on any atom is 0.171 e. The number of nitrogens with zero attached hydrogens (tertiary/aromatic N) is 1. The van der Waals surface area contributed by atoms with Gasteiger partial charge < -0.3 is 14.0 Å². The van der Waals surface area contributed by atoms with Crippen LogP contribution in [0.5, 0.6) is 0 Å². The predicted octanol–water partition coefficient (Wildman–Crippen LogP) is 10.7. The van der Waals surface area contributed by atoms with Crippen molar-refractivity contribution in [2.45, 2.75) is 0 Å². The summed E-state index contributed by atoms with van der Waals surface area (Å²) in [5.74, 6) is 0. The molecule has 0 bridgehead atoms. The van der Waals surface area contributed by atoms with Crippen molar-refractivity contribution in [3.05, 3.63) is 212 Å². The smallest absolute Gasteiger partial charge is 0.171 e. The summed E-state index contributed by atoms with van der Waals surface area (Å²) >= 11 is 0. The van der Waals surface area contributed by atoms with Crippen molar-refractivity contribution in [2.75, 3.05) is 19.0 Å². The third-order valence-electron chi connectivity index (χ3n) is 11.0. The van der Waals surface area contributed by atoms with Crippen molar-refractivity contribution in [3.8, 4) is 22.3 Å². The van der Waals surface area contributed by atoms with Crippen LogP contribution in [0.2, 0.25) is 0 Å². The molecule has 9 rings (SSSR count). The van der Waals surface area contributed by atoms with E-state index in [9.17, 15) is 0 Å². The van der Waals surface area contributed by atoms with Gasteiger partial charge >= 0.3 is 0 Å². The first kappa shape index (κ1) is 36.4. The Balaban J connectivity index is 1.51. The molecular formula is C52H41NO2P2. The minimum absolute atomic E-state index is 0.704. The first-order valence-corrected chi connectivity index (χ1v) is 22.6. The highest BCUT2D eigenvalue weighted by molar-refractivity contribution is 7.86. The molecule has 276 valence electrons. The molecule has 0 N–H and O–H groups in total. The van der Waals surface area contributed by atoms with Gasteiger partial charge in [-0.05, 0) is 56.9 Å². The van der Waals surface area contributed by atoms with Gasteiger partial charge in [-0.25, -0.2) is 0 Å². The quantitative estimate of drug-likeness (QED) is 0.137. The monoisotopic (exact) mass is 773 g/mol. The predicted molar refractivity (Wildman–Crippen MR) is 245 cm³/mol. The molecule has 0 heterocycles. The lowest BCUT2D eigenvalue weighted by Gasteiger charge is -2.29. The average molecular weight is 774 g/mol. The lowest BCUT2D eigenvalue weighted by molar-refractivity contribution is 0.591. The Hall–Kier alpha value is -6.24. The fraction of sp³-hybridized carbons (Fsp3) is 0.0385. The van der Waals surface area contributed by atoms with Gasteiger partial charge in [0.15, 0.2) is 14.3 Å². The number of hydrogen-bond donors (Lipinski definition) is 0. The van der Waals surface area contributed by atoms with Crippen LogP contribution < -0.4 is 36.7 Å². The maximum atomic E-state index is 16.9. The summed E-state index contributed by atoms with van der Waals surface area (Å²) in [4.78, 5) is 2.09. The molecule has 0 radical (unpaired) electrons. The van der Waals surface area contributed by atoms with Crippen LogP contribution in [-0.4, -0.2) is 14.1 Å². The van der Waals surface area contributed by atoms with E-state index in [0.29, 0.717) is 10.6 Å². The van der Waals surface area contributed by atoms with Crippen LogP contribution in [0, 0.1) is 0 Å². The number of benzene rings is 9. The zero-order valence-corrected chi connectivity index (χ0v) is 33.7. The molecule has 0 amide bonds. The fourth-order valence-corrected chi connectivity index (χ4v) is 14.0. The molecule has 5 heteroatoms. The molecule has 3 nitrogen and oxygen atoms in total. The van der Waals surface area contributed by atoms with E-state index >= 15 is 9.13 Å². The summed E-state index contributed by atoms with van der Waals surface area (Å²) in [5, 5.41) is 8.29. The number of fused-ring (bicyclic) bond motifs is 2. The van der Waals surface area contributed by atoms with Crippen LogP contribution in [0.25, 0.3) is 43.8 Å². The second kappa shape index (κ2) is 15.0. The van der Waals surface area contributed by atoms with Gasteiger partial charge in [-0.3, -0.25) is 0 Å². The van der Waals surface area contributed by atoms with Crippen LogP contribution in [-0.2, 0) is 9.13 Å². The molecule has 0 aliphatic carbocycles. The number of hydrogen-bond acceptors (Lipinski definition) is 3. The van der Waals surface area contributed by atoms with Crippen LogP contribution in [0.4, 0.5) is 5.69 Å². The third-order valence-corrected chi connectivity index (χ3v) is 17.2. The molecule has 9 aromatic rings. The molecule has 0 atom stereocenters. The van der Waals surface area contributed by atoms with E-state index in [4.69, 9.17) is 0 Å². The van der Waals surface area contributed by atoms with E-state index in [1.807, 2.05) is 148 Å². The highest BCUT2D eigenvalue weighted by Gasteiger charge is 2.38. The Morgan fingerprint density at radius 1 is 0.368 bits per heavy atom. The van der Waals surface area contributed by atoms with Crippen LogP contribution in [0.1, 0.15) is 0 Å². The summed E-state index contributed by atoms with van der Waals surface area (Å²) in [7, 11) is -3.12. The van der Waals surface area contributed by atoms with Crippen molar-refractivity contribution in [1.82, 2.24) is 0 Å². The second-order valence-electron chi connectivity index (χ2n) is 14.5. The molecule has 0 aliphatic rings. The fourth-order valence-electron chi connectivity index (χ4n) is 8.24. The van der Waals surface area contributed by atoms with Gasteiger partial charge in [0.05, 0.1) is 0 Å². The second-order valence-corrected chi connectivity index (χ2v) is 20.0. The van der Waals surface area contributed by atoms with Crippen molar-refractivity contribution < 1.29 is 9.13 Å². The van der Waals surface area contributed by atoms with Crippen molar-refractivity contribution in [2.24, 2.45) is 0 Å². The zero-order chi connectivity index (χ0) is 39.0. The van der Waals surface area contributed by atoms with E-state index in [1.54, 1.807) is 0 Å². The Morgan fingerprint density at radius 3 is 1.26 bits per heavy atom. The summed E-state index contributed by atoms with van der Waals surface area (Å²) in [6, 6.07) is 71.1. The Bertz CT molecular complexity index is 2880. The lowest BCUT2D eigenvalue weighted by atomic mass is 9.89. The summed E-state index contributed by atoms with van der Waals surface area (Å²) in [5.41, 5.74) is 4.76. The molecule has 0 aromatic heterocycles. The first-order chi connectivity index (χ1) is 27.9.